The lowest BCUT2D eigenvalue weighted by Gasteiger charge is -2.21. The zero-order valence-corrected chi connectivity index (χ0v) is 20.3. The van der Waals surface area contributed by atoms with E-state index in [1.807, 2.05) is 0 Å². The standard InChI is InChI=1S/C24H28N2O8S/c1-31-20-9-7-18(13-22(20)35(29,30)26-10-4-2-3-5-11-26)24(28)32-15-23(27)25-14-17-6-8-19-21(12-17)34-16-33-19/h6-9,12-13H,2-5,10-11,14-16H2,1H3,(H,25,27). The highest BCUT2D eigenvalue weighted by atomic mass is 32.2. The maximum atomic E-state index is 13.3. The normalized spacial score (nSPS) is 15.8. The van der Waals surface area contributed by atoms with Crippen molar-refractivity contribution in [2.45, 2.75) is 37.1 Å². The van der Waals surface area contributed by atoms with Crippen molar-refractivity contribution < 1.29 is 37.0 Å². The van der Waals surface area contributed by atoms with Gasteiger partial charge in [0.15, 0.2) is 18.1 Å². The number of hydrogen-bond donors (Lipinski definition) is 1. The van der Waals surface area contributed by atoms with E-state index in [0.717, 1.165) is 31.2 Å². The zero-order valence-electron chi connectivity index (χ0n) is 19.4. The molecule has 1 fully saturated rings. The SMILES string of the molecule is COc1ccc(C(=O)OCC(=O)NCc2ccc3c(c2)OCO3)cc1S(=O)(=O)N1CCCCCC1. The van der Waals surface area contributed by atoms with Crippen LogP contribution in [-0.4, -0.2) is 58.2 Å². The van der Waals surface area contributed by atoms with E-state index in [-0.39, 0.29) is 29.5 Å². The predicted octanol–water partition coefficient (Wildman–Crippen LogP) is 2.46. The van der Waals surface area contributed by atoms with Gasteiger partial charge in [-0.1, -0.05) is 18.9 Å². The molecular weight excluding hydrogens is 476 g/mol. The molecule has 188 valence electrons. The van der Waals surface area contributed by atoms with Crippen LogP contribution in [0.15, 0.2) is 41.3 Å². The molecule has 2 aromatic rings. The van der Waals surface area contributed by atoms with Crippen LogP contribution < -0.4 is 19.5 Å². The van der Waals surface area contributed by atoms with E-state index in [0.29, 0.717) is 24.6 Å². The molecule has 0 spiro atoms. The van der Waals surface area contributed by atoms with Gasteiger partial charge in [-0.15, -0.1) is 0 Å². The van der Waals surface area contributed by atoms with Gasteiger partial charge in [0.1, 0.15) is 10.6 Å². The fourth-order valence-corrected chi connectivity index (χ4v) is 5.64. The first-order valence-corrected chi connectivity index (χ1v) is 12.8. The number of sulfonamides is 1. The van der Waals surface area contributed by atoms with Crippen molar-refractivity contribution in [2.75, 3.05) is 33.6 Å². The lowest BCUT2D eigenvalue weighted by molar-refractivity contribution is -0.124. The number of nitrogens with one attached hydrogen (secondary N) is 1. The Morgan fingerprint density at radius 2 is 1.74 bits per heavy atom. The lowest BCUT2D eigenvalue weighted by atomic mass is 10.2. The maximum absolute atomic E-state index is 13.3. The summed E-state index contributed by atoms with van der Waals surface area (Å²) in [6.45, 7) is 0.707. The molecule has 35 heavy (non-hydrogen) atoms. The van der Waals surface area contributed by atoms with E-state index in [2.05, 4.69) is 5.32 Å². The molecular formula is C24H28N2O8S. The summed E-state index contributed by atoms with van der Waals surface area (Å²) in [4.78, 5) is 24.7. The number of fused-ring (bicyclic) bond motifs is 1. The summed E-state index contributed by atoms with van der Waals surface area (Å²) < 4.78 is 48.9. The number of nitrogens with zero attached hydrogens (tertiary/aromatic N) is 1. The highest BCUT2D eigenvalue weighted by molar-refractivity contribution is 7.89. The average Bonchev–Trinajstić information content (AvgIpc) is 3.16. The molecule has 4 rings (SSSR count). The molecule has 0 saturated carbocycles. The molecule has 0 radical (unpaired) electrons. The van der Waals surface area contributed by atoms with Crippen LogP contribution in [0, 0.1) is 0 Å². The van der Waals surface area contributed by atoms with Gasteiger partial charge < -0.3 is 24.3 Å². The Labute approximate surface area is 204 Å². The van der Waals surface area contributed by atoms with Gasteiger partial charge in [0.25, 0.3) is 5.91 Å². The summed E-state index contributed by atoms with van der Waals surface area (Å²) in [5, 5.41) is 2.66. The van der Waals surface area contributed by atoms with Crippen LogP contribution >= 0.6 is 0 Å². The van der Waals surface area contributed by atoms with E-state index < -0.39 is 28.5 Å². The van der Waals surface area contributed by atoms with Crippen LogP contribution in [0.2, 0.25) is 0 Å². The quantitative estimate of drug-likeness (QED) is 0.545. The van der Waals surface area contributed by atoms with Crippen molar-refractivity contribution in [2.24, 2.45) is 0 Å². The second kappa shape index (κ2) is 11.0. The highest BCUT2D eigenvalue weighted by Crippen LogP contribution is 2.32. The van der Waals surface area contributed by atoms with Gasteiger partial charge in [-0.25, -0.2) is 13.2 Å². The minimum Gasteiger partial charge on any atom is -0.495 e. The molecule has 1 N–H and O–H groups in total. The summed E-state index contributed by atoms with van der Waals surface area (Å²) in [6, 6.07) is 9.38. The molecule has 0 unspecified atom stereocenters. The van der Waals surface area contributed by atoms with Gasteiger partial charge >= 0.3 is 5.97 Å². The second-order valence-corrected chi connectivity index (χ2v) is 10.1. The van der Waals surface area contributed by atoms with Crippen LogP contribution in [0.4, 0.5) is 0 Å². The molecule has 0 atom stereocenters. The average molecular weight is 505 g/mol. The van der Waals surface area contributed by atoms with Crippen molar-refractivity contribution in [1.82, 2.24) is 9.62 Å². The Kier molecular flexibility index (Phi) is 7.76. The van der Waals surface area contributed by atoms with Gasteiger partial charge in [0.05, 0.1) is 12.7 Å². The molecule has 1 saturated heterocycles. The van der Waals surface area contributed by atoms with Crippen molar-refractivity contribution in [3.63, 3.8) is 0 Å². The zero-order chi connectivity index (χ0) is 24.8. The molecule has 1 amide bonds. The third-order valence-corrected chi connectivity index (χ3v) is 7.76. The van der Waals surface area contributed by atoms with Crippen LogP contribution in [0.1, 0.15) is 41.6 Å². The molecule has 2 aromatic carbocycles. The molecule has 10 nitrogen and oxygen atoms in total. The van der Waals surface area contributed by atoms with Crippen LogP contribution in [0.3, 0.4) is 0 Å². The molecule has 0 bridgehead atoms. The Morgan fingerprint density at radius 3 is 2.49 bits per heavy atom. The summed E-state index contributed by atoms with van der Waals surface area (Å²) in [5.41, 5.74) is 0.815. The third kappa shape index (κ3) is 5.85. The summed E-state index contributed by atoms with van der Waals surface area (Å²) in [7, 11) is -2.48. The topological polar surface area (TPSA) is 120 Å². The van der Waals surface area contributed by atoms with Gasteiger partial charge in [0.2, 0.25) is 16.8 Å². The van der Waals surface area contributed by atoms with Crippen molar-refractivity contribution in [3.05, 3.63) is 47.5 Å². The molecule has 2 aliphatic heterocycles. The van der Waals surface area contributed by atoms with Crippen molar-refractivity contribution in [3.8, 4) is 17.2 Å². The third-order valence-electron chi connectivity index (χ3n) is 5.84. The van der Waals surface area contributed by atoms with Crippen LogP contribution in [0.25, 0.3) is 0 Å². The van der Waals surface area contributed by atoms with E-state index in [1.165, 1.54) is 29.6 Å². The number of benzene rings is 2. The summed E-state index contributed by atoms with van der Waals surface area (Å²) >= 11 is 0. The van der Waals surface area contributed by atoms with Crippen LogP contribution in [-0.2, 0) is 26.1 Å². The van der Waals surface area contributed by atoms with Crippen molar-refractivity contribution in [1.29, 1.82) is 0 Å². The first-order valence-electron chi connectivity index (χ1n) is 11.4. The van der Waals surface area contributed by atoms with Gasteiger partial charge in [-0.2, -0.15) is 4.31 Å². The van der Waals surface area contributed by atoms with Gasteiger partial charge in [-0.3, -0.25) is 4.79 Å². The number of hydrogen-bond acceptors (Lipinski definition) is 8. The number of carbonyl (C=O) groups is 2. The van der Waals surface area contributed by atoms with E-state index in [4.69, 9.17) is 18.9 Å². The van der Waals surface area contributed by atoms with E-state index in [1.54, 1.807) is 18.2 Å². The number of carbonyl (C=O) groups excluding carboxylic acids is 2. The van der Waals surface area contributed by atoms with Crippen LogP contribution in [0.5, 0.6) is 17.2 Å². The number of methoxy groups -OCH3 is 1. The van der Waals surface area contributed by atoms with E-state index in [9.17, 15) is 18.0 Å². The van der Waals surface area contributed by atoms with E-state index >= 15 is 0 Å². The second-order valence-electron chi connectivity index (χ2n) is 8.22. The number of ether oxygens (including phenoxy) is 4. The Balaban J connectivity index is 1.37. The Hall–Kier alpha value is -3.31. The number of amides is 1. The first-order chi connectivity index (χ1) is 16.9. The minimum absolute atomic E-state index is 0.0165. The Bertz CT molecular complexity index is 1190. The number of rotatable bonds is 8. The molecule has 0 aliphatic carbocycles. The maximum Gasteiger partial charge on any atom is 0.338 e. The monoisotopic (exact) mass is 504 g/mol. The smallest absolute Gasteiger partial charge is 0.338 e. The summed E-state index contributed by atoms with van der Waals surface area (Å²) in [5.74, 6) is 0.0896. The molecule has 0 aromatic heterocycles. The van der Waals surface area contributed by atoms with Gasteiger partial charge in [0, 0.05) is 19.6 Å². The lowest BCUT2D eigenvalue weighted by Crippen LogP contribution is -2.32. The van der Waals surface area contributed by atoms with Gasteiger partial charge in [-0.05, 0) is 48.7 Å². The first kappa shape index (κ1) is 24.8. The molecule has 2 heterocycles. The van der Waals surface area contributed by atoms with Crippen molar-refractivity contribution >= 4 is 21.9 Å². The number of esters is 1. The molecule has 2 aliphatic rings. The fourth-order valence-electron chi connectivity index (χ4n) is 3.94. The predicted molar refractivity (Wildman–Crippen MR) is 125 cm³/mol. The largest absolute Gasteiger partial charge is 0.495 e. The summed E-state index contributed by atoms with van der Waals surface area (Å²) in [6.07, 6.45) is 3.52. The highest BCUT2D eigenvalue weighted by Gasteiger charge is 2.29. The minimum atomic E-state index is -3.86. The Morgan fingerprint density at radius 1 is 1.00 bits per heavy atom. The fraction of sp³-hybridized carbons (Fsp3) is 0.417. The molecule has 11 heteroatoms.